The van der Waals surface area contributed by atoms with Gasteiger partial charge in [0.05, 0.1) is 17.7 Å². The van der Waals surface area contributed by atoms with Crippen molar-refractivity contribution in [2.75, 3.05) is 0 Å². The number of hydrazone groups is 1. The zero-order valence-electron chi connectivity index (χ0n) is 18.4. The van der Waals surface area contributed by atoms with Crippen molar-refractivity contribution in [2.24, 2.45) is 5.10 Å². The summed E-state index contributed by atoms with van der Waals surface area (Å²) in [7, 11) is 0. The zero-order valence-corrected chi connectivity index (χ0v) is 20.0. The zero-order chi connectivity index (χ0) is 24.2. The molecule has 172 valence electrons. The van der Waals surface area contributed by atoms with Crippen LogP contribution in [0.1, 0.15) is 20.8 Å². The molecule has 0 spiro atoms. The lowest BCUT2D eigenvalue weighted by Crippen LogP contribution is -2.20. The summed E-state index contributed by atoms with van der Waals surface area (Å²) in [5, 5.41) is 7.38. The number of nitrogens with zero attached hydrogens (tertiary/aromatic N) is 1. The van der Waals surface area contributed by atoms with Crippen LogP contribution in [-0.2, 0) is 11.2 Å². The molecule has 5 nitrogen and oxygen atoms in total. The molecule has 7 heteroatoms. The van der Waals surface area contributed by atoms with Crippen molar-refractivity contribution in [3.8, 4) is 5.75 Å². The Bertz CT molecular complexity index is 1590. The third kappa shape index (κ3) is 4.94. The van der Waals surface area contributed by atoms with Gasteiger partial charge in [0.25, 0.3) is 0 Å². The second-order valence-electron chi connectivity index (χ2n) is 7.78. The average Bonchev–Trinajstić information content (AvgIpc) is 3.22. The van der Waals surface area contributed by atoms with Crippen LogP contribution in [0.3, 0.4) is 0 Å². The molecule has 0 fully saturated rings. The quantitative estimate of drug-likeness (QED) is 0.124. The summed E-state index contributed by atoms with van der Waals surface area (Å²) in [5.74, 6) is -0.473. The molecule has 5 aromatic rings. The van der Waals surface area contributed by atoms with Crippen LogP contribution in [0.2, 0.25) is 5.02 Å². The van der Waals surface area contributed by atoms with Gasteiger partial charge in [-0.3, -0.25) is 4.79 Å². The van der Waals surface area contributed by atoms with Crippen molar-refractivity contribution in [2.45, 2.75) is 6.42 Å². The molecule has 5 rings (SSSR count). The number of thiophene rings is 1. The Balaban J connectivity index is 1.28. The monoisotopic (exact) mass is 498 g/mol. The molecule has 4 aromatic carbocycles. The number of halogens is 1. The van der Waals surface area contributed by atoms with E-state index in [1.54, 1.807) is 24.3 Å². The smallest absolute Gasteiger partial charge is 0.355 e. The van der Waals surface area contributed by atoms with E-state index in [4.69, 9.17) is 16.3 Å². The lowest BCUT2D eigenvalue weighted by molar-refractivity contribution is -0.120. The molecule has 0 unspecified atom stereocenters. The van der Waals surface area contributed by atoms with Gasteiger partial charge in [0.15, 0.2) is 0 Å². The molecule has 0 atom stereocenters. The Labute approximate surface area is 210 Å². The molecule has 1 N–H and O–H groups in total. The number of amides is 1. The predicted octanol–water partition coefficient (Wildman–Crippen LogP) is 6.62. The molecule has 0 radical (unpaired) electrons. The first-order valence-corrected chi connectivity index (χ1v) is 12.1. The highest BCUT2D eigenvalue weighted by Gasteiger charge is 2.19. The molecule has 0 bridgehead atoms. The van der Waals surface area contributed by atoms with E-state index in [9.17, 15) is 9.59 Å². The minimum atomic E-state index is -0.544. The fraction of sp³-hybridized carbons (Fsp3) is 0.0357. The lowest BCUT2D eigenvalue weighted by atomic mass is 10.0. The fourth-order valence-corrected chi connectivity index (χ4v) is 5.19. The van der Waals surface area contributed by atoms with Crippen LogP contribution in [0.15, 0.2) is 96.1 Å². The van der Waals surface area contributed by atoms with Crippen molar-refractivity contribution >= 4 is 61.9 Å². The number of rotatable bonds is 6. The number of para-hydroxylation sites is 1. The van der Waals surface area contributed by atoms with E-state index in [0.29, 0.717) is 21.2 Å². The number of esters is 1. The van der Waals surface area contributed by atoms with Crippen molar-refractivity contribution in [1.82, 2.24) is 5.43 Å². The topological polar surface area (TPSA) is 67.8 Å². The first-order chi connectivity index (χ1) is 17.1. The maximum atomic E-state index is 12.8. The molecular weight excluding hydrogens is 480 g/mol. The van der Waals surface area contributed by atoms with Crippen molar-refractivity contribution in [3.05, 3.63) is 112 Å². The lowest BCUT2D eigenvalue weighted by Gasteiger charge is -2.07. The predicted molar refractivity (Wildman–Crippen MR) is 142 cm³/mol. The molecule has 1 aromatic heterocycles. The van der Waals surface area contributed by atoms with Gasteiger partial charge in [-0.2, -0.15) is 5.10 Å². The van der Waals surface area contributed by atoms with E-state index in [2.05, 4.69) is 10.5 Å². The minimum Gasteiger partial charge on any atom is -0.422 e. The maximum Gasteiger partial charge on any atom is 0.355 e. The first-order valence-electron chi connectivity index (χ1n) is 10.9. The molecule has 1 heterocycles. The molecule has 35 heavy (non-hydrogen) atoms. The average molecular weight is 499 g/mol. The van der Waals surface area contributed by atoms with Crippen molar-refractivity contribution < 1.29 is 14.3 Å². The maximum absolute atomic E-state index is 12.8. The van der Waals surface area contributed by atoms with Gasteiger partial charge in [0, 0.05) is 15.6 Å². The Morgan fingerprint density at radius 1 is 0.886 bits per heavy atom. The third-order valence-corrected chi connectivity index (χ3v) is 7.12. The van der Waals surface area contributed by atoms with Gasteiger partial charge in [-0.05, 0) is 34.5 Å². The number of nitrogens with one attached hydrogen (secondary N) is 1. The summed E-state index contributed by atoms with van der Waals surface area (Å²) < 4.78 is 6.54. The summed E-state index contributed by atoms with van der Waals surface area (Å²) in [5.41, 5.74) is 4.02. The first kappa shape index (κ1) is 22.8. The summed E-state index contributed by atoms with van der Waals surface area (Å²) in [4.78, 5) is 25.7. The Hall–Kier alpha value is -4.00. The fourth-order valence-electron chi connectivity index (χ4n) is 3.80. The largest absolute Gasteiger partial charge is 0.422 e. The Kier molecular flexibility index (Phi) is 6.57. The third-order valence-electron chi connectivity index (χ3n) is 5.47. The van der Waals surface area contributed by atoms with Crippen LogP contribution in [0.4, 0.5) is 0 Å². The number of fused-ring (bicyclic) bond motifs is 2. The number of benzene rings is 4. The van der Waals surface area contributed by atoms with E-state index < -0.39 is 5.97 Å². The number of carbonyl (C=O) groups is 2. The number of hydrogen-bond acceptors (Lipinski definition) is 5. The van der Waals surface area contributed by atoms with E-state index in [0.717, 1.165) is 26.4 Å². The van der Waals surface area contributed by atoms with Crippen LogP contribution in [-0.4, -0.2) is 18.1 Å². The van der Waals surface area contributed by atoms with Crippen LogP contribution in [0.5, 0.6) is 5.75 Å². The molecule has 0 saturated carbocycles. The SMILES string of the molecule is O=C(Cc1cccc2ccccc12)NN=Cc1ccccc1OC(=O)c1sc2ccccc2c1Cl. The van der Waals surface area contributed by atoms with E-state index in [1.165, 1.54) is 17.6 Å². The Morgan fingerprint density at radius 2 is 1.60 bits per heavy atom. The summed E-state index contributed by atoms with van der Waals surface area (Å²) in [6.45, 7) is 0. The van der Waals surface area contributed by atoms with Crippen molar-refractivity contribution in [1.29, 1.82) is 0 Å². The van der Waals surface area contributed by atoms with E-state index in [-0.39, 0.29) is 12.3 Å². The van der Waals surface area contributed by atoms with Gasteiger partial charge in [-0.1, -0.05) is 84.4 Å². The van der Waals surface area contributed by atoms with Gasteiger partial charge < -0.3 is 4.74 Å². The van der Waals surface area contributed by atoms with Gasteiger partial charge in [-0.15, -0.1) is 11.3 Å². The highest BCUT2D eigenvalue weighted by Crippen LogP contribution is 2.36. The molecule has 0 aliphatic carbocycles. The number of carbonyl (C=O) groups excluding carboxylic acids is 2. The summed E-state index contributed by atoms with van der Waals surface area (Å²) in [6, 6.07) is 28.3. The van der Waals surface area contributed by atoms with E-state index in [1.807, 2.05) is 66.7 Å². The summed E-state index contributed by atoms with van der Waals surface area (Å²) >= 11 is 7.70. The van der Waals surface area contributed by atoms with E-state index >= 15 is 0 Å². The van der Waals surface area contributed by atoms with Crippen molar-refractivity contribution in [3.63, 3.8) is 0 Å². The molecule has 0 aliphatic heterocycles. The number of ether oxygens (including phenoxy) is 1. The van der Waals surface area contributed by atoms with Crippen LogP contribution < -0.4 is 10.2 Å². The van der Waals surface area contributed by atoms with Crippen LogP contribution in [0.25, 0.3) is 20.9 Å². The number of hydrogen-bond donors (Lipinski definition) is 1. The molecule has 1 amide bonds. The highest BCUT2D eigenvalue weighted by atomic mass is 35.5. The molecular formula is C28H19ClN2O3S. The van der Waals surface area contributed by atoms with Gasteiger partial charge >= 0.3 is 5.97 Å². The Morgan fingerprint density at radius 3 is 2.46 bits per heavy atom. The normalized spacial score (nSPS) is 11.2. The second-order valence-corrected chi connectivity index (χ2v) is 9.21. The van der Waals surface area contributed by atoms with Gasteiger partial charge in [0.1, 0.15) is 10.6 Å². The second kappa shape index (κ2) is 10.1. The van der Waals surface area contributed by atoms with Gasteiger partial charge in [-0.25, -0.2) is 10.2 Å². The highest BCUT2D eigenvalue weighted by molar-refractivity contribution is 7.21. The molecule has 0 aliphatic rings. The standard InChI is InChI=1S/C28H19ClN2O3S/c29-26-22-13-4-6-15-24(22)35-27(26)28(33)34-23-14-5-2-9-20(23)17-30-31-25(32)16-19-11-7-10-18-8-1-3-12-21(18)19/h1-15,17H,16H2,(H,31,32). The van der Waals surface area contributed by atoms with Crippen LogP contribution in [0, 0.1) is 0 Å². The summed E-state index contributed by atoms with van der Waals surface area (Å²) in [6.07, 6.45) is 1.65. The molecule has 0 saturated heterocycles. The van der Waals surface area contributed by atoms with Crippen LogP contribution >= 0.6 is 22.9 Å². The van der Waals surface area contributed by atoms with Gasteiger partial charge in [0.2, 0.25) is 5.91 Å². The minimum absolute atomic E-state index is 0.194.